The summed E-state index contributed by atoms with van der Waals surface area (Å²) in [6.07, 6.45) is 0.399. The van der Waals surface area contributed by atoms with Gasteiger partial charge in [-0.3, -0.25) is 9.69 Å². The van der Waals surface area contributed by atoms with Gasteiger partial charge in [0.25, 0.3) is 0 Å². The van der Waals surface area contributed by atoms with Gasteiger partial charge in [-0.1, -0.05) is 36.4 Å². The molecule has 2 aromatic carbocycles. The molecule has 0 aliphatic carbocycles. The van der Waals surface area contributed by atoms with Gasteiger partial charge < -0.3 is 14.4 Å². The molecule has 186 valence electrons. The van der Waals surface area contributed by atoms with Gasteiger partial charge in [0.05, 0.1) is 31.9 Å². The van der Waals surface area contributed by atoms with E-state index in [0.29, 0.717) is 26.1 Å². The summed E-state index contributed by atoms with van der Waals surface area (Å²) in [5.74, 6) is 1.03. The summed E-state index contributed by atoms with van der Waals surface area (Å²) in [4.78, 5) is 22.3. The number of aromatic nitrogens is 1. The van der Waals surface area contributed by atoms with E-state index in [9.17, 15) is 4.79 Å². The number of ether oxygens (including phenoxy) is 2. The van der Waals surface area contributed by atoms with Gasteiger partial charge in [0, 0.05) is 31.6 Å². The van der Waals surface area contributed by atoms with Crippen LogP contribution in [0.4, 0.5) is 0 Å². The maximum atomic E-state index is 13.2. The van der Waals surface area contributed by atoms with Crippen LogP contribution >= 0.6 is 11.3 Å². The number of benzene rings is 2. The first-order chi connectivity index (χ1) is 17.0. The molecular weight excluding hydrogens is 458 g/mol. The van der Waals surface area contributed by atoms with E-state index in [2.05, 4.69) is 37.8 Å². The number of carbonyl (C=O) groups is 1. The van der Waals surface area contributed by atoms with Crippen LogP contribution in [0.15, 0.2) is 47.8 Å². The van der Waals surface area contributed by atoms with Gasteiger partial charge >= 0.3 is 0 Å². The number of hydrogen-bond donors (Lipinski definition) is 0. The predicted molar refractivity (Wildman–Crippen MR) is 140 cm³/mol. The van der Waals surface area contributed by atoms with Crippen molar-refractivity contribution in [3.05, 3.63) is 80.8 Å². The average molecular weight is 494 g/mol. The SMILES string of the molecule is Cc1cc(C)c(C)c(OCc2nc(CN(CCN3CCOCC3)C(=O)Cc3ccccc3)cs2)c1. The van der Waals surface area contributed by atoms with Crippen LogP contribution in [0.3, 0.4) is 0 Å². The van der Waals surface area contributed by atoms with E-state index in [4.69, 9.17) is 14.5 Å². The normalized spacial score (nSPS) is 14.1. The Morgan fingerprint density at radius 1 is 1.14 bits per heavy atom. The van der Waals surface area contributed by atoms with Crippen LogP contribution < -0.4 is 4.74 Å². The molecule has 1 aliphatic heterocycles. The number of thiazole rings is 1. The highest BCUT2D eigenvalue weighted by atomic mass is 32.1. The largest absolute Gasteiger partial charge is 0.486 e. The molecule has 3 aromatic rings. The third kappa shape index (κ3) is 7.37. The summed E-state index contributed by atoms with van der Waals surface area (Å²) in [5.41, 5.74) is 5.52. The molecule has 0 saturated carbocycles. The van der Waals surface area contributed by atoms with E-state index < -0.39 is 0 Å². The topological polar surface area (TPSA) is 54.9 Å². The Balaban J connectivity index is 1.39. The van der Waals surface area contributed by atoms with E-state index in [0.717, 1.165) is 60.4 Å². The lowest BCUT2D eigenvalue weighted by molar-refractivity contribution is -0.131. The third-order valence-electron chi connectivity index (χ3n) is 6.41. The second kappa shape index (κ2) is 12.3. The average Bonchev–Trinajstić information content (AvgIpc) is 3.31. The molecule has 1 aromatic heterocycles. The van der Waals surface area contributed by atoms with E-state index in [1.54, 1.807) is 11.3 Å². The maximum Gasteiger partial charge on any atom is 0.227 e. The number of nitrogens with zero attached hydrogens (tertiary/aromatic N) is 3. The molecule has 1 saturated heterocycles. The number of morpholine rings is 1. The van der Waals surface area contributed by atoms with E-state index >= 15 is 0 Å². The molecule has 0 bridgehead atoms. The van der Waals surface area contributed by atoms with E-state index in [1.807, 2.05) is 40.6 Å². The van der Waals surface area contributed by atoms with Crippen molar-refractivity contribution >= 4 is 17.2 Å². The lowest BCUT2D eigenvalue weighted by atomic mass is 10.1. The quantitative estimate of drug-likeness (QED) is 0.415. The molecule has 1 fully saturated rings. The van der Waals surface area contributed by atoms with E-state index in [1.165, 1.54) is 11.1 Å². The molecule has 2 heterocycles. The lowest BCUT2D eigenvalue weighted by Crippen LogP contribution is -2.43. The van der Waals surface area contributed by atoms with Crippen LogP contribution in [0.5, 0.6) is 5.75 Å². The number of hydrogen-bond acceptors (Lipinski definition) is 6. The number of carbonyl (C=O) groups excluding carboxylic acids is 1. The fraction of sp³-hybridized carbons (Fsp3) is 0.429. The van der Waals surface area contributed by atoms with Gasteiger partial charge in [-0.05, 0) is 49.1 Å². The highest BCUT2D eigenvalue weighted by Crippen LogP contribution is 2.25. The van der Waals surface area contributed by atoms with Crippen molar-refractivity contribution in [2.24, 2.45) is 0 Å². The minimum Gasteiger partial charge on any atom is -0.486 e. The lowest BCUT2D eigenvalue weighted by Gasteiger charge is -2.30. The smallest absolute Gasteiger partial charge is 0.227 e. The van der Waals surface area contributed by atoms with Gasteiger partial charge in [-0.2, -0.15) is 0 Å². The highest BCUT2D eigenvalue weighted by molar-refractivity contribution is 7.09. The van der Waals surface area contributed by atoms with Gasteiger partial charge in [-0.15, -0.1) is 11.3 Å². The summed E-state index contributed by atoms with van der Waals surface area (Å²) in [6.45, 7) is 12.1. The molecule has 6 nitrogen and oxygen atoms in total. The molecule has 4 rings (SSSR count). The van der Waals surface area contributed by atoms with Crippen LogP contribution in [-0.2, 0) is 29.1 Å². The van der Waals surface area contributed by atoms with Gasteiger partial charge in [0.2, 0.25) is 5.91 Å². The van der Waals surface area contributed by atoms with Crippen molar-refractivity contribution in [1.82, 2.24) is 14.8 Å². The minimum atomic E-state index is 0.126. The summed E-state index contributed by atoms with van der Waals surface area (Å²) in [5, 5.41) is 2.96. The molecule has 0 atom stereocenters. The van der Waals surface area contributed by atoms with Gasteiger partial charge in [0.15, 0.2) is 0 Å². The Labute approximate surface area is 212 Å². The Morgan fingerprint density at radius 3 is 2.69 bits per heavy atom. The second-order valence-corrected chi connectivity index (χ2v) is 10.1. The van der Waals surface area contributed by atoms with Crippen molar-refractivity contribution < 1.29 is 14.3 Å². The number of aryl methyl sites for hydroxylation is 2. The fourth-order valence-electron chi connectivity index (χ4n) is 4.23. The summed E-state index contributed by atoms with van der Waals surface area (Å²) in [7, 11) is 0. The Morgan fingerprint density at radius 2 is 1.91 bits per heavy atom. The predicted octanol–water partition coefficient (Wildman–Crippen LogP) is 4.55. The van der Waals surface area contributed by atoms with Crippen molar-refractivity contribution in [3.63, 3.8) is 0 Å². The van der Waals surface area contributed by atoms with Crippen LogP contribution in [-0.4, -0.2) is 60.1 Å². The van der Waals surface area contributed by atoms with Crippen molar-refractivity contribution in [3.8, 4) is 5.75 Å². The molecule has 7 heteroatoms. The molecule has 1 aliphatic rings. The van der Waals surface area contributed by atoms with Crippen molar-refractivity contribution in [2.45, 2.75) is 40.3 Å². The molecule has 0 unspecified atom stereocenters. The zero-order chi connectivity index (χ0) is 24.6. The minimum absolute atomic E-state index is 0.126. The molecular formula is C28H35N3O3S. The Bertz CT molecular complexity index is 1110. The maximum absolute atomic E-state index is 13.2. The van der Waals surface area contributed by atoms with Gasteiger partial charge in [-0.25, -0.2) is 4.98 Å². The first-order valence-corrected chi connectivity index (χ1v) is 13.1. The second-order valence-electron chi connectivity index (χ2n) is 9.16. The van der Waals surface area contributed by atoms with Gasteiger partial charge in [0.1, 0.15) is 17.4 Å². The van der Waals surface area contributed by atoms with Crippen LogP contribution in [0.25, 0.3) is 0 Å². The zero-order valence-corrected chi connectivity index (χ0v) is 21.8. The molecule has 0 N–H and O–H groups in total. The van der Waals surface area contributed by atoms with Crippen molar-refractivity contribution in [1.29, 1.82) is 0 Å². The van der Waals surface area contributed by atoms with Crippen LogP contribution in [0.1, 0.15) is 33.0 Å². The molecule has 0 radical (unpaired) electrons. The molecule has 35 heavy (non-hydrogen) atoms. The number of amides is 1. The van der Waals surface area contributed by atoms with Crippen LogP contribution in [0.2, 0.25) is 0 Å². The first-order valence-electron chi connectivity index (χ1n) is 12.2. The summed E-state index contributed by atoms with van der Waals surface area (Å²) < 4.78 is 11.6. The standard InChI is InChI=1S/C28H35N3O3S/c1-21-15-22(2)23(3)26(16-21)34-19-27-29-25(20-35-27)18-31(10-9-30-11-13-33-14-12-30)28(32)17-24-7-5-4-6-8-24/h4-8,15-16,20H,9-14,17-19H2,1-3H3. The molecule has 0 spiro atoms. The number of rotatable bonds is 10. The fourth-order valence-corrected chi connectivity index (χ4v) is 4.93. The highest BCUT2D eigenvalue weighted by Gasteiger charge is 2.19. The van der Waals surface area contributed by atoms with Crippen LogP contribution in [0, 0.1) is 20.8 Å². The van der Waals surface area contributed by atoms with Crippen molar-refractivity contribution in [2.75, 3.05) is 39.4 Å². The Hall–Kier alpha value is -2.74. The Kier molecular flexibility index (Phi) is 8.90. The monoisotopic (exact) mass is 493 g/mol. The summed E-state index contributed by atoms with van der Waals surface area (Å²) >= 11 is 1.59. The van der Waals surface area contributed by atoms with E-state index in [-0.39, 0.29) is 5.91 Å². The first kappa shape index (κ1) is 25.4. The summed E-state index contributed by atoms with van der Waals surface area (Å²) in [6, 6.07) is 14.2. The molecule has 1 amide bonds. The zero-order valence-electron chi connectivity index (χ0n) is 21.0. The third-order valence-corrected chi connectivity index (χ3v) is 7.28.